The first-order valence-electron chi connectivity index (χ1n) is 5.61. The number of benzene rings is 2. The van der Waals surface area contributed by atoms with Crippen molar-refractivity contribution in [1.82, 2.24) is 0 Å². The third-order valence-electron chi connectivity index (χ3n) is 2.32. The Bertz CT molecular complexity index is 544. The first kappa shape index (κ1) is 14.5. The summed E-state index contributed by atoms with van der Waals surface area (Å²) in [5.41, 5.74) is 0. The molecule has 0 saturated carbocycles. The van der Waals surface area contributed by atoms with Crippen LogP contribution in [0.1, 0.15) is 0 Å². The summed E-state index contributed by atoms with van der Waals surface area (Å²) in [6, 6.07) is 12.7. The average molecular weight is 362 g/mol. The topological polar surface area (TPSA) is 18.5 Å². The lowest BCUT2D eigenvalue weighted by Gasteiger charge is -2.09. The van der Waals surface area contributed by atoms with Gasteiger partial charge in [0.15, 0.2) is 0 Å². The molecule has 2 aromatic rings. The van der Waals surface area contributed by atoms with E-state index in [1.807, 2.05) is 24.3 Å². The van der Waals surface area contributed by atoms with Crippen molar-refractivity contribution < 1.29 is 9.47 Å². The van der Waals surface area contributed by atoms with Crippen LogP contribution < -0.4 is 9.47 Å². The van der Waals surface area contributed by atoms with E-state index in [2.05, 4.69) is 15.9 Å². The standard InChI is InChI=1S/C14H11BrCl2O2/c15-10-1-4-12(5-2-10)18-7-8-19-14-6-3-11(16)9-13(14)17/h1-6,9H,7-8H2. The zero-order chi connectivity index (χ0) is 13.7. The number of hydrogen-bond donors (Lipinski definition) is 0. The monoisotopic (exact) mass is 360 g/mol. The molecule has 2 nitrogen and oxygen atoms in total. The molecular weight excluding hydrogens is 351 g/mol. The van der Waals surface area contributed by atoms with E-state index in [4.69, 9.17) is 32.7 Å². The van der Waals surface area contributed by atoms with Crippen LogP contribution in [0.4, 0.5) is 0 Å². The van der Waals surface area contributed by atoms with Crippen molar-refractivity contribution >= 4 is 39.1 Å². The highest BCUT2D eigenvalue weighted by molar-refractivity contribution is 9.10. The van der Waals surface area contributed by atoms with Gasteiger partial charge in [0.25, 0.3) is 0 Å². The molecule has 0 aliphatic carbocycles. The van der Waals surface area contributed by atoms with E-state index in [-0.39, 0.29) is 0 Å². The van der Waals surface area contributed by atoms with Gasteiger partial charge in [-0.1, -0.05) is 39.1 Å². The molecule has 0 amide bonds. The van der Waals surface area contributed by atoms with Gasteiger partial charge in [-0.05, 0) is 42.5 Å². The molecule has 0 atom stereocenters. The van der Waals surface area contributed by atoms with Gasteiger partial charge in [-0.3, -0.25) is 0 Å². The van der Waals surface area contributed by atoms with E-state index in [0.29, 0.717) is 29.0 Å². The van der Waals surface area contributed by atoms with Crippen LogP contribution in [-0.4, -0.2) is 13.2 Å². The van der Waals surface area contributed by atoms with Crippen molar-refractivity contribution in [2.45, 2.75) is 0 Å². The molecular formula is C14H11BrCl2O2. The van der Waals surface area contributed by atoms with E-state index in [1.54, 1.807) is 18.2 Å². The highest BCUT2D eigenvalue weighted by Crippen LogP contribution is 2.27. The Morgan fingerprint density at radius 2 is 1.58 bits per heavy atom. The van der Waals surface area contributed by atoms with Crippen molar-refractivity contribution in [3.05, 3.63) is 57.0 Å². The molecule has 0 heterocycles. The minimum absolute atomic E-state index is 0.414. The van der Waals surface area contributed by atoms with Gasteiger partial charge < -0.3 is 9.47 Å². The summed E-state index contributed by atoms with van der Waals surface area (Å²) >= 11 is 15.2. The fourth-order valence-electron chi connectivity index (χ4n) is 1.43. The average Bonchev–Trinajstić information content (AvgIpc) is 2.39. The SMILES string of the molecule is Clc1ccc(OCCOc2ccc(Br)cc2)c(Cl)c1. The maximum absolute atomic E-state index is 5.99. The Balaban J connectivity index is 1.79. The molecule has 0 aliphatic heterocycles. The largest absolute Gasteiger partial charge is 0.490 e. The lowest BCUT2D eigenvalue weighted by atomic mass is 10.3. The Hall–Kier alpha value is -0.900. The van der Waals surface area contributed by atoms with E-state index < -0.39 is 0 Å². The molecule has 0 aromatic heterocycles. The second kappa shape index (κ2) is 7.04. The van der Waals surface area contributed by atoms with Gasteiger partial charge in [0.05, 0.1) is 5.02 Å². The molecule has 0 aliphatic rings. The second-order valence-corrected chi connectivity index (χ2v) is 5.48. The minimum Gasteiger partial charge on any atom is -0.490 e. The van der Waals surface area contributed by atoms with E-state index in [1.165, 1.54) is 0 Å². The maximum Gasteiger partial charge on any atom is 0.138 e. The van der Waals surface area contributed by atoms with Crippen LogP contribution in [-0.2, 0) is 0 Å². The van der Waals surface area contributed by atoms with Gasteiger partial charge in [-0.15, -0.1) is 0 Å². The maximum atomic E-state index is 5.99. The number of hydrogen-bond acceptors (Lipinski definition) is 2. The van der Waals surface area contributed by atoms with Crippen LogP contribution in [0.2, 0.25) is 10.0 Å². The Morgan fingerprint density at radius 3 is 2.26 bits per heavy atom. The fourth-order valence-corrected chi connectivity index (χ4v) is 2.16. The lowest BCUT2D eigenvalue weighted by molar-refractivity contribution is 0.217. The third-order valence-corrected chi connectivity index (χ3v) is 3.38. The third kappa shape index (κ3) is 4.60. The summed E-state index contributed by atoms with van der Waals surface area (Å²) < 4.78 is 12.1. The number of ether oxygens (including phenoxy) is 2. The van der Waals surface area contributed by atoms with Gasteiger partial charge in [0.1, 0.15) is 24.7 Å². The quantitative estimate of drug-likeness (QED) is 0.680. The van der Waals surface area contributed by atoms with Crippen molar-refractivity contribution in [3.8, 4) is 11.5 Å². The molecule has 2 rings (SSSR count). The van der Waals surface area contributed by atoms with Crippen LogP contribution in [0.3, 0.4) is 0 Å². The smallest absolute Gasteiger partial charge is 0.138 e. The van der Waals surface area contributed by atoms with Crippen LogP contribution >= 0.6 is 39.1 Å². The molecule has 0 unspecified atom stereocenters. The molecule has 0 saturated heterocycles. The minimum atomic E-state index is 0.414. The zero-order valence-corrected chi connectivity index (χ0v) is 13.0. The van der Waals surface area contributed by atoms with Crippen LogP contribution in [0.5, 0.6) is 11.5 Å². The Labute approximate surface area is 130 Å². The Morgan fingerprint density at radius 1 is 0.895 bits per heavy atom. The van der Waals surface area contributed by atoms with Crippen molar-refractivity contribution in [1.29, 1.82) is 0 Å². The highest BCUT2D eigenvalue weighted by Gasteiger charge is 2.02. The molecule has 100 valence electrons. The van der Waals surface area contributed by atoms with Crippen LogP contribution in [0.15, 0.2) is 46.9 Å². The predicted molar refractivity (Wildman–Crippen MR) is 81.6 cm³/mol. The molecule has 0 spiro atoms. The van der Waals surface area contributed by atoms with Crippen molar-refractivity contribution in [2.24, 2.45) is 0 Å². The number of rotatable bonds is 5. The first-order chi connectivity index (χ1) is 9.15. The van der Waals surface area contributed by atoms with Crippen LogP contribution in [0, 0.1) is 0 Å². The Kier molecular flexibility index (Phi) is 5.37. The number of halogens is 3. The molecule has 2 aromatic carbocycles. The molecule has 0 radical (unpaired) electrons. The van der Waals surface area contributed by atoms with E-state index >= 15 is 0 Å². The summed E-state index contributed by atoms with van der Waals surface area (Å²) in [7, 11) is 0. The van der Waals surface area contributed by atoms with Crippen molar-refractivity contribution in [3.63, 3.8) is 0 Å². The van der Waals surface area contributed by atoms with E-state index in [9.17, 15) is 0 Å². The van der Waals surface area contributed by atoms with Crippen LogP contribution in [0.25, 0.3) is 0 Å². The molecule has 0 bridgehead atoms. The molecule has 19 heavy (non-hydrogen) atoms. The van der Waals surface area contributed by atoms with Gasteiger partial charge >= 0.3 is 0 Å². The van der Waals surface area contributed by atoms with Gasteiger partial charge in [0.2, 0.25) is 0 Å². The lowest BCUT2D eigenvalue weighted by Crippen LogP contribution is -2.09. The summed E-state index contributed by atoms with van der Waals surface area (Å²) in [5.74, 6) is 1.40. The summed E-state index contributed by atoms with van der Waals surface area (Å²) in [5, 5.41) is 1.08. The van der Waals surface area contributed by atoms with Gasteiger partial charge in [-0.25, -0.2) is 0 Å². The second-order valence-electron chi connectivity index (χ2n) is 3.73. The highest BCUT2D eigenvalue weighted by atomic mass is 79.9. The molecule has 0 N–H and O–H groups in total. The van der Waals surface area contributed by atoms with Gasteiger partial charge in [-0.2, -0.15) is 0 Å². The summed E-state index contributed by atoms with van der Waals surface area (Å²) in [6.45, 7) is 0.859. The predicted octanol–water partition coefficient (Wildman–Crippen LogP) is 5.21. The first-order valence-corrected chi connectivity index (χ1v) is 7.16. The molecule has 0 fully saturated rings. The summed E-state index contributed by atoms with van der Waals surface area (Å²) in [6.07, 6.45) is 0. The van der Waals surface area contributed by atoms with E-state index in [0.717, 1.165) is 10.2 Å². The molecule has 5 heteroatoms. The fraction of sp³-hybridized carbons (Fsp3) is 0.143. The zero-order valence-electron chi connectivity index (χ0n) is 9.91. The van der Waals surface area contributed by atoms with Crippen molar-refractivity contribution in [2.75, 3.05) is 13.2 Å². The van der Waals surface area contributed by atoms with Gasteiger partial charge in [0, 0.05) is 9.50 Å². The summed E-state index contributed by atoms with van der Waals surface area (Å²) in [4.78, 5) is 0. The normalized spacial score (nSPS) is 10.3.